The van der Waals surface area contributed by atoms with Gasteiger partial charge in [-0.2, -0.15) is 0 Å². The van der Waals surface area contributed by atoms with Gasteiger partial charge in [-0.1, -0.05) is 6.07 Å². The third-order valence-corrected chi connectivity index (χ3v) is 3.48. The van der Waals surface area contributed by atoms with Crippen LogP contribution in [0.25, 0.3) is 0 Å². The van der Waals surface area contributed by atoms with Gasteiger partial charge in [0.15, 0.2) is 0 Å². The van der Waals surface area contributed by atoms with E-state index < -0.39 is 0 Å². The molecule has 0 saturated carbocycles. The van der Waals surface area contributed by atoms with Gasteiger partial charge < -0.3 is 15.0 Å². The van der Waals surface area contributed by atoms with Gasteiger partial charge in [0.05, 0.1) is 6.61 Å². The summed E-state index contributed by atoms with van der Waals surface area (Å²) in [5.41, 5.74) is 0.0338. The van der Waals surface area contributed by atoms with E-state index in [9.17, 15) is 0 Å². The summed E-state index contributed by atoms with van der Waals surface area (Å²) < 4.78 is 5.30. The van der Waals surface area contributed by atoms with Crippen molar-refractivity contribution in [1.82, 2.24) is 4.98 Å². The molecule has 20 heavy (non-hydrogen) atoms. The van der Waals surface area contributed by atoms with Gasteiger partial charge in [-0.25, -0.2) is 4.98 Å². The van der Waals surface area contributed by atoms with Crippen LogP contribution < -0.4 is 10.2 Å². The van der Waals surface area contributed by atoms with E-state index in [0.29, 0.717) is 5.92 Å². The Morgan fingerprint density at radius 1 is 1.40 bits per heavy atom. The fourth-order valence-corrected chi connectivity index (χ4v) is 2.70. The van der Waals surface area contributed by atoms with Crippen LogP contribution in [0.4, 0.5) is 11.6 Å². The van der Waals surface area contributed by atoms with E-state index in [2.05, 4.69) is 43.1 Å². The average Bonchev–Trinajstić information content (AvgIpc) is 2.38. The molecule has 4 nitrogen and oxygen atoms in total. The maximum atomic E-state index is 5.30. The molecule has 1 aliphatic rings. The standard InChI is InChI=1S/C16H27N3O/c1-16(2,3)18-14-8-5-9-15(17-14)19-10-6-7-13(11-19)12-20-4/h5,8-9,13H,6-7,10-12H2,1-4H3,(H,17,18). The van der Waals surface area contributed by atoms with Gasteiger partial charge in [0.1, 0.15) is 11.6 Å². The lowest BCUT2D eigenvalue weighted by atomic mass is 9.99. The summed E-state index contributed by atoms with van der Waals surface area (Å²) in [5, 5.41) is 3.43. The smallest absolute Gasteiger partial charge is 0.130 e. The number of pyridine rings is 1. The molecule has 0 aromatic carbocycles. The number of ether oxygens (including phenoxy) is 1. The zero-order valence-electron chi connectivity index (χ0n) is 13.1. The van der Waals surface area contributed by atoms with Crippen LogP contribution in [0.1, 0.15) is 33.6 Å². The lowest BCUT2D eigenvalue weighted by molar-refractivity contribution is 0.143. The van der Waals surface area contributed by atoms with Crippen molar-refractivity contribution in [3.05, 3.63) is 18.2 Å². The molecule has 1 aromatic heterocycles. The van der Waals surface area contributed by atoms with Crippen LogP contribution in [0.2, 0.25) is 0 Å². The van der Waals surface area contributed by atoms with Crippen molar-refractivity contribution in [3.8, 4) is 0 Å². The third kappa shape index (κ3) is 4.37. The Labute approximate surface area is 122 Å². The zero-order valence-corrected chi connectivity index (χ0v) is 13.1. The Hall–Kier alpha value is -1.29. The van der Waals surface area contributed by atoms with Crippen LogP contribution in [0, 0.1) is 5.92 Å². The molecule has 2 rings (SSSR count). The number of nitrogens with one attached hydrogen (secondary N) is 1. The fourth-order valence-electron chi connectivity index (χ4n) is 2.70. The maximum absolute atomic E-state index is 5.30. The fraction of sp³-hybridized carbons (Fsp3) is 0.688. The number of hydrogen-bond acceptors (Lipinski definition) is 4. The molecule has 0 bridgehead atoms. The normalized spacial score (nSPS) is 20.0. The molecule has 0 aliphatic carbocycles. The summed E-state index contributed by atoms with van der Waals surface area (Å²) in [4.78, 5) is 7.13. The molecule has 0 amide bonds. The summed E-state index contributed by atoms with van der Waals surface area (Å²) in [6.45, 7) is 9.42. The summed E-state index contributed by atoms with van der Waals surface area (Å²) in [7, 11) is 1.78. The summed E-state index contributed by atoms with van der Waals surface area (Å²) in [6.07, 6.45) is 2.47. The first-order valence-electron chi connectivity index (χ1n) is 7.47. The highest BCUT2D eigenvalue weighted by Gasteiger charge is 2.21. The van der Waals surface area contributed by atoms with Crippen LogP contribution in [-0.2, 0) is 4.74 Å². The van der Waals surface area contributed by atoms with Crippen molar-refractivity contribution in [1.29, 1.82) is 0 Å². The first-order chi connectivity index (χ1) is 9.48. The van der Waals surface area contributed by atoms with Crippen molar-refractivity contribution >= 4 is 11.6 Å². The van der Waals surface area contributed by atoms with Gasteiger partial charge in [-0.3, -0.25) is 0 Å². The Morgan fingerprint density at radius 2 is 2.20 bits per heavy atom. The molecule has 4 heteroatoms. The molecule has 0 radical (unpaired) electrons. The van der Waals surface area contributed by atoms with Gasteiger partial charge in [0.25, 0.3) is 0 Å². The highest BCUT2D eigenvalue weighted by Crippen LogP contribution is 2.23. The van der Waals surface area contributed by atoms with E-state index >= 15 is 0 Å². The molecule has 1 aromatic rings. The maximum Gasteiger partial charge on any atom is 0.130 e. The minimum absolute atomic E-state index is 0.0338. The van der Waals surface area contributed by atoms with Gasteiger partial charge >= 0.3 is 0 Å². The Balaban J connectivity index is 2.06. The monoisotopic (exact) mass is 277 g/mol. The van der Waals surface area contributed by atoms with E-state index in [-0.39, 0.29) is 5.54 Å². The van der Waals surface area contributed by atoms with Crippen LogP contribution in [0.5, 0.6) is 0 Å². The average molecular weight is 277 g/mol. The minimum Gasteiger partial charge on any atom is -0.384 e. The van der Waals surface area contributed by atoms with Gasteiger partial charge in [0, 0.05) is 25.7 Å². The van der Waals surface area contributed by atoms with E-state index in [1.54, 1.807) is 7.11 Å². The quantitative estimate of drug-likeness (QED) is 0.917. The van der Waals surface area contributed by atoms with Crippen LogP contribution in [-0.4, -0.2) is 37.3 Å². The largest absolute Gasteiger partial charge is 0.384 e. The number of piperidine rings is 1. The van der Waals surface area contributed by atoms with Crippen LogP contribution in [0.15, 0.2) is 18.2 Å². The van der Waals surface area contributed by atoms with Crippen molar-refractivity contribution in [2.75, 3.05) is 37.0 Å². The molecular formula is C16H27N3O. The Kier molecular flexibility index (Phi) is 4.86. The van der Waals surface area contributed by atoms with Crippen molar-refractivity contribution in [3.63, 3.8) is 0 Å². The van der Waals surface area contributed by atoms with Crippen molar-refractivity contribution in [2.45, 2.75) is 39.2 Å². The molecular weight excluding hydrogens is 250 g/mol. The number of nitrogens with zero attached hydrogens (tertiary/aromatic N) is 2. The number of methoxy groups -OCH3 is 1. The SMILES string of the molecule is COCC1CCCN(c2cccc(NC(C)(C)C)n2)C1. The summed E-state index contributed by atoms with van der Waals surface area (Å²) in [5.74, 6) is 2.64. The molecule has 112 valence electrons. The molecule has 1 saturated heterocycles. The highest BCUT2D eigenvalue weighted by molar-refractivity contribution is 5.48. The Bertz CT molecular complexity index is 426. The molecule has 0 spiro atoms. The van der Waals surface area contributed by atoms with Crippen LogP contribution >= 0.6 is 0 Å². The summed E-state index contributed by atoms with van der Waals surface area (Å²) in [6, 6.07) is 6.21. The minimum atomic E-state index is 0.0338. The topological polar surface area (TPSA) is 37.4 Å². The molecule has 1 fully saturated rings. The third-order valence-electron chi connectivity index (χ3n) is 3.48. The van der Waals surface area contributed by atoms with Crippen molar-refractivity contribution in [2.24, 2.45) is 5.92 Å². The van der Waals surface area contributed by atoms with E-state index in [0.717, 1.165) is 31.3 Å². The van der Waals surface area contributed by atoms with E-state index in [4.69, 9.17) is 9.72 Å². The molecule has 1 aliphatic heterocycles. The van der Waals surface area contributed by atoms with Gasteiger partial charge in [-0.05, 0) is 51.7 Å². The first kappa shape index (κ1) is 15.1. The number of hydrogen-bond donors (Lipinski definition) is 1. The molecule has 1 atom stereocenters. The highest BCUT2D eigenvalue weighted by atomic mass is 16.5. The zero-order chi connectivity index (χ0) is 14.6. The first-order valence-corrected chi connectivity index (χ1v) is 7.47. The van der Waals surface area contributed by atoms with E-state index in [1.807, 2.05) is 6.07 Å². The summed E-state index contributed by atoms with van der Waals surface area (Å²) >= 11 is 0. The number of rotatable bonds is 4. The lowest BCUT2D eigenvalue weighted by Crippen LogP contribution is -2.37. The van der Waals surface area contributed by atoms with E-state index in [1.165, 1.54) is 12.8 Å². The number of aromatic nitrogens is 1. The second-order valence-corrected chi connectivity index (χ2v) is 6.67. The van der Waals surface area contributed by atoms with Crippen molar-refractivity contribution < 1.29 is 4.74 Å². The van der Waals surface area contributed by atoms with Crippen LogP contribution in [0.3, 0.4) is 0 Å². The molecule has 1 unspecified atom stereocenters. The Morgan fingerprint density at radius 3 is 2.90 bits per heavy atom. The number of anilines is 2. The van der Waals surface area contributed by atoms with Gasteiger partial charge in [-0.15, -0.1) is 0 Å². The second kappa shape index (κ2) is 6.44. The lowest BCUT2D eigenvalue weighted by Gasteiger charge is -2.33. The van der Waals surface area contributed by atoms with Gasteiger partial charge in [0.2, 0.25) is 0 Å². The predicted octanol–water partition coefficient (Wildman–Crippen LogP) is 3.15. The molecule has 2 heterocycles. The second-order valence-electron chi connectivity index (χ2n) is 6.67. The predicted molar refractivity (Wildman–Crippen MR) is 84.4 cm³/mol. The molecule has 1 N–H and O–H groups in total.